The second kappa shape index (κ2) is 10.2. The summed E-state index contributed by atoms with van der Waals surface area (Å²) in [4.78, 5) is 4.38. The van der Waals surface area contributed by atoms with Crippen molar-refractivity contribution in [1.82, 2.24) is 15.1 Å². The maximum Gasteiger partial charge on any atom is 0.146 e. The third kappa shape index (κ3) is 5.08. The summed E-state index contributed by atoms with van der Waals surface area (Å²) < 4.78 is 22.3. The molecule has 8 heteroatoms. The Hall–Kier alpha value is -2.16. The van der Waals surface area contributed by atoms with Crippen molar-refractivity contribution in [3.63, 3.8) is 0 Å². The first kappa shape index (κ1) is 23.0. The van der Waals surface area contributed by atoms with Gasteiger partial charge in [0, 0.05) is 51.9 Å². The number of halogens is 1. The number of piperidine rings is 1. The second-order valence-electron chi connectivity index (χ2n) is 9.17. The van der Waals surface area contributed by atoms with Crippen molar-refractivity contribution < 1.29 is 14.2 Å². The Labute approximate surface area is 190 Å². The lowest BCUT2D eigenvalue weighted by atomic mass is 10.0. The predicted molar refractivity (Wildman–Crippen MR) is 125 cm³/mol. The fraction of sp³-hybridized carbons (Fsp3) is 0.625. The summed E-state index contributed by atoms with van der Waals surface area (Å²) in [6.45, 7) is 10.2. The van der Waals surface area contributed by atoms with Crippen LogP contribution in [0.2, 0.25) is 0 Å². The Balaban J connectivity index is 1.43. The molecule has 2 saturated heterocycles. The Morgan fingerprint density at radius 1 is 1.12 bits per heavy atom. The molecule has 7 nitrogen and oxygen atoms in total. The molecule has 176 valence electrons. The lowest BCUT2D eigenvalue weighted by molar-refractivity contribution is 0.122. The molecule has 0 spiro atoms. The van der Waals surface area contributed by atoms with E-state index < -0.39 is 0 Å². The molecule has 1 aromatic carbocycles. The van der Waals surface area contributed by atoms with Crippen LogP contribution in [0, 0.1) is 5.82 Å². The lowest BCUT2D eigenvalue weighted by Gasteiger charge is -2.31. The van der Waals surface area contributed by atoms with E-state index in [0.717, 1.165) is 43.4 Å². The highest BCUT2D eigenvalue weighted by atomic mass is 19.1. The van der Waals surface area contributed by atoms with E-state index in [4.69, 9.17) is 9.84 Å². The molecule has 1 aromatic heterocycles. The van der Waals surface area contributed by atoms with E-state index in [1.54, 1.807) is 6.07 Å². The summed E-state index contributed by atoms with van der Waals surface area (Å²) in [5, 5.41) is 18.0. The van der Waals surface area contributed by atoms with Gasteiger partial charge in [0.2, 0.25) is 0 Å². The van der Waals surface area contributed by atoms with E-state index in [2.05, 4.69) is 24.1 Å². The van der Waals surface area contributed by atoms with Gasteiger partial charge in [-0.2, -0.15) is 5.10 Å². The standard InChI is InChI=1S/C24H36FN5O2/c1-17(2)23-20(24(28(3)27-23)30-10-12-32-13-11-30)16-26-15-18-4-5-22(21(25)14-18)29-8-6-19(31)7-9-29/h4-5,14,17,19,26,31H,6-13,15-16H2,1-3H3. The van der Waals surface area contributed by atoms with Crippen LogP contribution >= 0.6 is 0 Å². The molecule has 0 atom stereocenters. The van der Waals surface area contributed by atoms with Crippen molar-refractivity contribution in [1.29, 1.82) is 0 Å². The molecule has 0 bridgehead atoms. The molecule has 3 heterocycles. The number of nitrogens with one attached hydrogen (secondary N) is 1. The van der Waals surface area contributed by atoms with E-state index >= 15 is 0 Å². The monoisotopic (exact) mass is 445 g/mol. The highest BCUT2D eigenvalue weighted by Gasteiger charge is 2.24. The maximum atomic E-state index is 14.8. The van der Waals surface area contributed by atoms with Crippen LogP contribution in [0.5, 0.6) is 0 Å². The molecule has 2 N–H and O–H groups in total. The van der Waals surface area contributed by atoms with Gasteiger partial charge in [0.1, 0.15) is 11.6 Å². The van der Waals surface area contributed by atoms with E-state index in [1.165, 1.54) is 5.56 Å². The van der Waals surface area contributed by atoms with Crippen LogP contribution in [0.25, 0.3) is 0 Å². The summed E-state index contributed by atoms with van der Waals surface area (Å²) in [7, 11) is 2.01. The van der Waals surface area contributed by atoms with Crippen LogP contribution in [-0.2, 0) is 24.9 Å². The third-order valence-electron chi connectivity index (χ3n) is 6.45. The van der Waals surface area contributed by atoms with Crippen molar-refractivity contribution in [3.8, 4) is 0 Å². The van der Waals surface area contributed by atoms with Gasteiger partial charge in [-0.05, 0) is 36.5 Å². The quantitative estimate of drug-likeness (QED) is 0.683. The van der Waals surface area contributed by atoms with Crippen molar-refractivity contribution in [2.75, 3.05) is 49.2 Å². The molecule has 2 fully saturated rings. The Morgan fingerprint density at radius 3 is 2.50 bits per heavy atom. The molecule has 0 aliphatic carbocycles. The number of aromatic nitrogens is 2. The molecule has 2 aliphatic heterocycles. The topological polar surface area (TPSA) is 65.8 Å². The molecule has 4 rings (SSSR count). The number of ether oxygens (including phenoxy) is 1. The van der Waals surface area contributed by atoms with Gasteiger partial charge in [0.15, 0.2) is 0 Å². The number of benzene rings is 1. The van der Waals surface area contributed by atoms with Crippen molar-refractivity contribution in [2.45, 2.75) is 51.8 Å². The maximum absolute atomic E-state index is 14.8. The summed E-state index contributed by atoms with van der Waals surface area (Å²) in [6.07, 6.45) is 1.12. The molecule has 2 aromatic rings. The van der Waals surface area contributed by atoms with E-state index in [-0.39, 0.29) is 11.9 Å². The normalized spacial score (nSPS) is 18.1. The molecular weight excluding hydrogens is 409 g/mol. The largest absolute Gasteiger partial charge is 0.393 e. The number of aliphatic hydroxyl groups excluding tert-OH is 1. The first-order valence-corrected chi connectivity index (χ1v) is 11.7. The SMILES string of the molecule is CC(C)c1nn(C)c(N2CCOCC2)c1CNCc1ccc(N2CCC(O)CC2)c(F)c1. The smallest absolute Gasteiger partial charge is 0.146 e. The van der Waals surface area contributed by atoms with Gasteiger partial charge in [0.25, 0.3) is 0 Å². The first-order chi connectivity index (χ1) is 15.4. The van der Waals surface area contributed by atoms with Gasteiger partial charge < -0.3 is 25.0 Å². The number of hydrogen-bond acceptors (Lipinski definition) is 6. The van der Waals surface area contributed by atoms with Gasteiger partial charge in [-0.15, -0.1) is 0 Å². The number of hydrogen-bond donors (Lipinski definition) is 2. The van der Waals surface area contributed by atoms with E-state index in [1.807, 2.05) is 28.8 Å². The minimum absolute atomic E-state index is 0.195. The molecule has 32 heavy (non-hydrogen) atoms. The molecular formula is C24H36FN5O2. The highest BCUT2D eigenvalue weighted by Crippen LogP contribution is 2.29. The zero-order chi connectivity index (χ0) is 22.7. The van der Waals surface area contributed by atoms with Crippen LogP contribution in [-0.4, -0.2) is 60.4 Å². The first-order valence-electron chi connectivity index (χ1n) is 11.7. The Morgan fingerprint density at radius 2 is 1.84 bits per heavy atom. The molecule has 0 radical (unpaired) electrons. The number of nitrogens with zero attached hydrogens (tertiary/aromatic N) is 4. The lowest BCUT2D eigenvalue weighted by Crippen LogP contribution is -2.38. The van der Waals surface area contributed by atoms with Gasteiger partial charge in [-0.1, -0.05) is 19.9 Å². The minimum Gasteiger partial charge on any atom is -0.393 e. The average molecular weight is 446 g/mol. The fourth-order valence-electron chi connectivity index (χ4n) is 4.74. The van der Waals surface area contributed by atoms with Gasteiger partial charge >= 0.3 is 0 Å². The summed E-state index contributed by atoms with van der Waals surface area (Å²) in [5.41, 5.74) is 3.87. The fourth-order valence-corrected chi connectivity index (χ4v) is 4.74. The average Bonchev–Trinajstić information content (AvgIpc) is 3.12. The van der Waals surface area contributed by atoms with Crippen molar-refractivity contribution in [2.24, 2.45) is 7.05 Å². The molecule has 0 saturated carbocycles. The Kier molecular flexibility index (Phi) is 7.33. The summed E-state index contributed by atoms with van der Waals surface area (Å²) in [5.74, 6) is 1.28. The summed E-state index contributed by atoms with van der Waals surface area (Å²) >= 11 is 0. The van der Waals surface area contributed by atoms with Crippen molar-refractivity contribution >= 4 is 11.5 Å². The number of rotatable bonds is 7. The van der Waals surface area contributed by atoms with Crippen molar-refractivity contribution in [3.05, 3.63) is 40.8 Å². The highest BCUT2D eigenvalue weighted by molar-refractivity contribution is 5.52. The van der Waals surface area contributed by atoms with Gasteiger partial charge in [-0.25, -0.2) is 4.39 Å². The number of morpholine rings is 1. The molecule has 2 aliphatic rings. The van der Waals surface area contributed by atoms with E-state index in [9.17, 15) is 9.50 Å². The van der Waals surface area contributed by atoms with Gasteiger partial charge in [0.05, 0.1) is 30.7 Å². The zero-order valence-corrected chi connectivity index (χ0v) is 19.5. The van der Waals surface area contributed by atoms with Gasteiger partial charge in [-0.3, -0.25) is 4.68 Å². The predicted octanol–water partition coefficient (Wildman–Crippen LogP) is 2.77. The Bertz CT molecular complexity index is 902. The van der Waals surface area contributed by atoms with Crippen LogP contribution < -0.4 is 15.1 Å². The molecule has 0 amide bonds. The van der Waals surface area contributed by atoms with E-state index in [0.29, 0.717) is 50.6 Å². The summed E-state index contributed by atoms with van der Waals surface area (Å²) in [6, 6.07) is 5.49. The third-order valence-corrected chi connectivity index (χ3v) is 6.45. The zero-order valence-electron chi connectivity index (χ0n) is 19.5. The van der Waals surface area contributed by atoms with Crippen LogP contribution in [0.3, 0.4) is 0 Å². The minimum atomic E-state index is -0.261. The number of anilines is 2. The second-order valence-corrected chi connectivity index (χ2v) is 9.17. The number of aryl methyl sites for hydroxylation is 1. The number of aliphatic hydroxyl groups is 1. The van der Waals surface area contributed by atoms with Crippen LogP contribution in [0.15, 0.2) is 18.2 Å². The molecule has 0 unspecified atom stereocenters. The van der Waals surface area contributed by atoms with Crippen LogP contribution in [0.4, 0.5) is 15.9 Å². The van der Waals surface area contributed by atoms with Crippen LogP contribution in [0.1, 0.15) is 49.4 Å².